The van der Waals surface area contributed by atoms with Gasteiger partial charge in [-0.05, 0) is 0 Å². The summed E-state index contributed by atoms with van der Waals surface area (Å²) >= 11 is 0. The van der Waals surface area contributed by atoms with Crippen molar-refractivity contribution in [1.29, 1.82) is 0 Å². The summed E-state index contributed by atoms with van der Waals surface area (Å²) in [6, 6.07) is 0. The minimum Gasteiger partial charge on any atom is -0.382 e. The number of ether oxygens (including phenoxy) is 2. The van der Waals surface area contributed by atoms with E-state index in [4.69, 9.17) is 15.2 Å². The Kier molecular flexibility index (Phi) is 4.73. The lowest BCUT2D eigenvalue weighted by Gasteiger charge is -2.03. The van der Waals surface area contributed by atoms with Crippen molar-refractivity contribution in [2.45, 2.75) is 0 Å². The molecule has 0 saturated carbocycles. The van der Waals surface area contributed by atoms with Crippen molar-refractivity contribution in [3.05, 3.63) is 0 Å². The highest BCUT2D eigenvalue weighted by Gasteiger charge is 1.97. The summed E-state index contributed by atoms with van der Waals surface area (Å²) in [5.74, 6) is 0.783. The van der Waals surface area contributed by atoms with Gasteiger partial charge in [0.25, 0.3) is 0 Å². The van der Waals surface area contributed by atoms with Crippen LogP contribution in [-0.2, 0) is 9.47 Å². The Morgan fingerprint density at radius 3 is 2.93 bits per heavy atom. The summed E-state index contributed by atoms with van der Waals surface area (Å²) in [6.07, 6.45) is 0. The molecule has 0 aliphatic heterocycles. The summed E-state index contributed by atoms with van der Waals surface area (Å²) in [5.41, 5.74) is 5.33. The molecule has 0 bridgehead atoms. The molecule has 7 nitrogen and oxygen atoms in total. The first kappa shape index (κ1) is 10.7. The number of methoxy groups -OCH3 is 1. The van der Waals surface area contributed by atoms with Crippen LogP contribution < -0.4 is 11.1 Å². The van der Waals surface area contributed by atoms with Crippen molar-refractivity contribution >= 4 is 11.9 Å². The van der Waals surface area contributed by atoms with Crippen LogP contribution in [0.3, 0.4) is 0 Å². The number of nitrogens with zero attached hydrogens (tertiary/aromatic N) is 2. The number of H-pyrrole nitrogens is 1. The van der Waals surface area contributed by atoms with Gasteiger partial charge in [0.1, 0.15) is 0 Å². The molecule has 0 aromatic carbocycles. The second-order valence-corrected chi connectivity index (χ2v) is 2.58. The number of nitrogen functional groups attached to an aromatic ring is 1. The largest absolute Gasteiger partial charge is 0.382 e. The fourth-order valence-corrected chi connectivity index (χ4v) is 0.833. The summed E-state index contributed by atoms with van der Waals surface area (Å²) in [5, 5.41) is 9.26. The topological polar surface area (TPSA) is 98.1 Å². The molecule has 0 fully saturated rings. The molecule has 1 aromatic rings. The summed E-state index contributed by atoms with van der Waals surface area (Å²) in [6.45, 7) is 2.42. The van der Waals surface area contributed by atoms with Gasteiger partial charge in [-0.25, -0.2) is 5.10 Å². The van der Waals surface area contributed by atoms with Gasteiger partial charge in [0.05, 0.1) is 19.8 Å². The zero-order valence-corrected chi connectivity index (χ0v) is 8.12. The van der Waals surface area contributed by atoms with Gasteiger partial charge in [0.2, 0.25) is 11.9 Å². The van der Waals surface area contributed by atoms with Crippen LogP contribution in [0.25, 0.3) is 0 Å². The molecule has 1 aromatic heterocycles. The SMILES string of the molecule is COCCOCCNc1n[nH]c(N)n1. The van der Waals surface area contributed by atoms with Crippen LogP contribution in [-0.4, -0.2) is 48.7 Å². The Bertz CT molecular complexity index is 252. The van der Waals surface area contributed by atoms with E-state index in [1.54, 1.807) is 7.11 Å². The third-order valence-corrected chi connectivity index (χ3v) is 1.46. The van der Waals surface area contributed by atoms with E-state index >= 15 is 0 Å². The minimum absolute atomic E-state index is 0.299. The van der Waals surface area contributed by atoms with E-state index in [0.29, 0.717) is 38.3 Å². The Hall–Kier alpha value is -1.34. The number of hydrogen-bond donors (Lipinski definition) is 3. The van der Waals surface area contributed by atoms with Crippen LogP contribution in [0.1, 0.15) is 0 Å². The van der Waals surface area contributed by atoms with Crippen molar-refractivity contribution in [3.63, 3.8) is 0 Å². The quantitative estimate of drug-likeness (QED) is 0.512. The molecule has 0 unspecified atom stereocenters. The van der Waals surface area contributed by atoms with Crippen molar-refractivity contribution < 1.29 is 9.47 Å². The first-order chi connectivity index (χ1) is 6.83. The van der Waals surface area contributed by atoms with Crippen LogP contribution in [0.4, 0.5) is 11.9 Å². The first-order valence-electron chi connectivity index (χ1n) is 4.31. The molecule has 1 heterocycles. The maximum Gasteiger partial charge on any atom is 0.243 e. The van der Waals surface area contributed by atoms with Crippen molar-refractivity contribution in [3.8, 4) is 0 Å². The van der Waals surface area contributed by atoms with Gasteiger partial charge in [0, 0.05) is 13.7 Å². The number of aromatic nitrogens is 3. The molecule has 0 saturated heterocycles. The average Bonchev–Trinajstić information content (AvgIpc) is 2.58. The molecular weight excluding hydrogens is 186 g/mol. The van der Waals surface area contributed by atoms with E-state index < -0.39 is 0 Å². The number of rotatable bonds is 7. The van der Waals surface area contributed by atoms with Gasteiger partial charge < -0.3 is 20.5 Å². The second kappa shape index (κ2) is 6.17. The Balaban J connectivity index is 1.99. The van der Waals surface area contributed by atoms with Crippen LogP contribution in [0, 0.1) is 0 Å². The van der Waals surface area contributed by atoms with Crippen molar-refractivity contribution in [1.82, 2.24) is 15.2 Å². The standard InChI is InChI=1S/C7H15N5O2/c1-13-4-5-14-3-2-9-7-10-6(8)11-12-7/h2-5H2,1H3,(H4,8,9,10,11,12). The second-order valence-electron chi connectivity index (χ2n) is 2.58. The van der Waals surface area contributed by atoms with Gasteiger partial charge in [-0.2, -0.15) is 4.98 Å². The Morgan fingerprint density at radius 2 is 2.29 bits per heavy atom. The van der Waals surface area contributed by atoms with E-state index in [-0.39, 0.29) is 0 Å². The number of aromatic amines is 1. The predicted octanol–water partition coefficient (Wildman–Crippen LogP) is -0.538. The first-order valence-corrected chi connectivity index (χ1v) is 4.31. The fourth-order valence-electron chi connectivity index (χ4n) is 0.833. The Morgan fingerprint density at radius 1 is 1.43 bits per heavy atom. The smallest absolute Gasteiger partial charge is 0.243 e. The lowest BCUT2D eigenvalue weighted by Crippen LogP contribution is -2.12. The molecule has 0 aliphatic rings. The third kappa shape index (κ3) is 4.06. The lowest BCUT2D eigenvalue weighted by molar-refractivity contribution is 0.0759. The van der Waals surface area contributed by atoms with Gasteiger partial charge in [-0.1, -0.05) is 0 Å². The van der Waals surface area contributed by atoms with Gasteiger partial charge in [-0.3, -0.25) is 0 Å². The lowest BCUT2D eigenvalue weighted by atomic mass is 10.6. The average molecular weight is 201 g/mol. The number of hydrogen-bond acceptors (Lipinski definition) is 6. The molecule has 4 N–H and O–H groups in total. The molecule has 80 valence electrons. The maximum atomic E-state index is 5.33. The van der Waals surface area contributed by atoms with Crippen LogP contribution in [0.5, 0.6) is 0 Å². The van der Waals surface area contributed by atoms with Crippen LogP contribution in [0.2, 0.25) is 0 Å². The predicted molar refractivity (Wildman–Crippen MR) is 52.0 cm³/mol. The molecule has 14 heavy (non-hydrogen) atoms. The van der Waals surface area contributed by atoms with Crippen LogP contribution in [0.15, 0.2) is 0 Å². The molecule has 0 atom stereocenters. The molecule has 0 aliphatic carbocycles. The van der Waals surface area contributed by atoms with E-state index in [9.17, 15) is 0 Å². The zero-order chi connectivity index (χ0) is 10.2. The highest BCUT2D eigenvalue weighted by molar-refractivity contribution is 5.29. The number of nitrogens with two attached hydrogens (primary N) is 1. The summed E-state index contributed by atoms with van der Waals surface area (Å²) in [4.78, 5) is 3.86. The van der Waals surface area contributed by atoms with Gasteiger partial charge in [-0.15, -0.1) is 5.10 Å². The molecule has 1 rings (SSSR count). The van der Waals surface area contributed by atoms with E-state index in [2.05, 4.69) is 20.5 Å². The summed E-state index contributed by atoms with van der Waals surface area (Å²) < 4.78 is 10.0. The van der Waals surface area contributed by atoms with Crippen LogP contribution >= 0.6 is 0 Å². The monoisotopic (exact) mass is 201 g/mol. The molecule has 0 amide bonds. The zero-order valence-electron chi connectivity index (χ0n) is 8.12. The third-order valence-electron chi connectivity index (χ3n) is 1.46. The maximum absolute atomic E-state index is 5.33. The van der Waals surface area contributed by atoms with Crippen molar-refractivity contribution in [2.75, 3.05) is 44.5 Å². The van der Waals surface area contributed by atoms with E-state index in [1.807, 2.05) is 0 Å². The van der Waals surface area contributed by atoms with Gasteiger partial charge in [0.15, 0.2) is 0 Å². The normalized spacial score (nSPS) is 10.4. The molecule has 7 heteroatoms. The Labute approximate surface area is 82.0 Å². The van der Waals surface area contributed by atoms with Gasteiger partial charge >= 0.3 is 0 Å². The minimum atomic E-state index is 0.299. The molecule has 0 spiro atoms. The molecular formula is C7H15N5O2. The highest BCUT2D eigenvalue weighted by atomic mass is 16.5. The number of anilines is 2. The summed E-state index contributed by atoms with van der Waals surface area (Å²) in [7, 11) is 1.64. The number of nitrogens with one attached hydrogen (secondary N) is 2. The fraction of sp³-hybridized carbons (Fsp3) is 0.714. The van der Waals surface area contributed by atoms with E-state index in [1.165, 1.54) is 0 Å². The molecule has 0 radical (unpaired) electrons. The van der Waals surface area contributed by atoms with E-state index in [0.717, 1.165) is 0 Å². The van der Waals surface area contributed by atoms with Crippen molar-refractivity contribution in [2.24, 2.45) is 0 Å². The highest BCUT2D eigenvalue weighted by Crippen LogP contribution is 1.97.